The maximum absolute atomic E-state index is 12.4. The lowest BCUT2D eigenvalue weighted by molar-refractivity contribution is 0.441. The van der Waals surface area contributed by atoms with Crippen molar-refractivity contribution in [1.82, 2.24) is 5.32 Å². The maximum Gasteiger partial charge on any atom is 0.154 e. The Morgan fingerprint density at radius 3 is 2.62 bits per heavy atom. The van der Waals surface area contributed by atoms with E-state index in [4.69, 9.17) is 0 Å². The molecule has 0 amide bonds. The van der Waals surface area contributed by atoms with Crippen LogP contribution in [0, 0.1) is 13.8 Å². The normalized spacial score (nSPS) is 22.9. The summed E-state index contributed by atoms with van der Waals surface area (Å²) in [6.45, 7) is 7.06. The Labute approximate surface area is 129 Å². The summed E-state index contributed by atoms with van der Waals surface area (Å²) in [6, 6.07) is 6.47. The second-order valence-electron chi connectivity index (χ2n) is 6.19. The molecule has 0 spiro atoms. The van der Waals surface area contributed by atoms with Crippen molar-refractivity contribution in [3.8, 4) is 0 Å². The third-order valence-electron chi connectivity index (χ3n) is 4.57. The Balaban J connectivity index is 2.20. The number of nitrogens with one attached hydrogen (secondary N) is 1. The first-order chi connectivity index (χ1) is 9.94. The highest BCUT2D eigenvalue weighted by atomic mass is 32.2. The summed E-state index contributed by atoms with van der Waals surface area (Å²) in [7, 11) is -2.95. The van der Waals surface area contributed by atoms with E-state index < -0.39 is 9.84 Å². The fourth-order valence-electron chi connectivity index (χ4n) is 3.21. The van der Waals surface area contributed by atoms with Gasteiger partial charge < -0.3 is 5.32 Å². The lowest BCUT2D eigenvalue weighted by Crippen LogP contribution is -2.47. The van der Waals surface area contributed by atoms with Crippen LogP contribution in [-0.2, 0) is 16.3 Å². The van der Waals surface area contributed by atoms with Crippen molar-refractivity contribution in [2.45, 2.75) is 57.7 Å². The van der Waals surface area contributed by atoms with Gasteiger partial charge in [-0.25, -0.2) is 8.42 Å². The molecule has 1 heterocycles. The molecule has 0 aliphatic carbocycles. The maximum atomic E-state index is 12.4. The zero-order chi connectivity index (χ0) is 15.5. The number of benzene rings is 1. The van der Waals surface area contributed by atoms with E-state index in [1.54, 1.807) is 0 Å². The van der Waals surface area contributed by atoms with Gasteiger partial charge in [0.05, 0.1) is 11.0 Å². The lowest BCUT2D eigenvalue weighted by atomic mass is 9.97. The van der Waals surface area contributed by atoms with E-state index in [1.807, 2.05) is 6.92 Å². The minimum absolute atomic E-state index is 0.0300. The Bertz CT molecular complexity index is 580. The van der Waals surface area contributed by atoms with Gasteiger partial charge in [0.25, 0.3) is 0 Å². The van der Waals surface area contributed by atoms with Gasteiger partial charge in [0.2, 0.25) is 0 Å². The van der Waals surface area contributed by atoms with Crippen LogP contribution < -0.4 is 5.32 Å². The van der Waals surface area contributed by atoms with E-state index in [2.05, 4.69) is 37.4 Å². The van der Waals surface area contributed by atoms with Gasteiger partial charge in [0.15, 0.2) is 9.84 Å². The largest absolute Gasteiger partial charge is 0.313 e. The highest BCUT2D eigenvalue weighted by Crippen LogP contribution is 2.24. The lowest BCUT2D eigenvalue weighted by Gasteiger charge is -2.31. The van der Waals surface area contributed by atoms with Crippen LogP contribution in [0.15, 0.2) is 18.2 Å². The second kappa shape index (κ2) is 6.93. The Morgan fingerprint density at radius 1 is 1.24 bits per heavy atom. The quantitative estimate of drug-likeness (QED) is 0.910. The van der Waals surface area contributed by atoms with Crippen LogP contribution in [-0.4, -0.2) is 32.0 Å². The van der Waals surface area contributed by atoms with Crippen molar-refractivity contribution >= 4 is 9.84 Å². The van der Waals surface area contributed by atoms with Crippen LogP contribution in [0.1, 0.15) is 42.9 Å². The molecule has 3 nitrogen and oxygen atoms in total. The first-order valence-electron chi connectivity index (χ1n) is 7.95. The number of aryl methyl sites for hydroxylation is 2. The van der Waals surface area contributed by atoms with Crippen molar-refractivity contribution in [2.24, 2.45) is 0 Å². The number of hydrogen-bond acceptors (Lipinski definition) is 3. The molecular weight excluding hydrogens is 282 g/mol. The van der Waals surface area contributed by atoms with Gasteiger partial charge in [-0.1, -0.05) is 31.5 Å². The molecule has 0 aromatic heterocycles. The molecule has 1 aromatic carbocycles. The van der Waals surface area contributed by atoms with Crippen molar-refractivity contribution in [1.29, 1.82) is 0 Å². The number of sulfone groups is 1. The predicted molar refractivity (Wildman–Crippen MR) is 88.5 cm³/mol. The third kappa shape index (κ3) is 4.07. The van der Waals surface area contributed by atoms with Crippen molar-refractivity contribution < 1.29 is 8.42 Å². The summed E-state index contributed by atoms with van der Waals surface area (Å²) >= 11 is 0. The summed E-state index contributed by atoms with van der Waals surface area (Å²) in [5, 5.41) is 3.18. The summed E-state index contributed by atoms with van der Waals surface area (Å²) in [5.74, 6) is 0.354. The number of hydrogen-bond donors (Lipinski definition) is 1. The van der Waals surface area contributed by atoms with Crippen LogP contribution in [0.3, 0.4) is 0 Å². The fraction of sp³-hybridized carbons (Fsp3) is 0.647. The molecular formula is C17H27NO2S. The second-order valence-corrected chi connectivity index (χ2v) is 8.53. The summed E-state index contributed by atoms with van der Waals surface area (Å²) in [4.78, 5) is 0. The van der Waals surface area contributed by atoms with Gasteiger partial charge in [-0.2, -0.15) is 0 Å². The van der Waals surface area contributed by atoms with Crippen molar-refractivity contribution in [3.05, 3.63) is 34.9 Å². The van der Waals surface area contributed by atoms with Gasteiger partial charge >= 0.3 is 0 Å². The average molecular weight is 309 g/mol. The van der Waals surface area contributed by atoms with E-state index in [9.17, 15) is 8.42 Å². The fourth-order valence-corrected chi connectivity index (χ4v) is 5.34. The van der Waals surface area contributed by atoms with Crippen molar-refractivity contribution in [3.63, 3.8) is 0 Å². The standard InChI is InChI=1S/C17H27NO2S/c1-4-18-16(17-7-5-6-10-21(17,19)20)12-15-9-8-13(2)14(3)11-15/h8-9,11,16-18H,4-7,10,12H2,1-3H3. The summed E-state index contributed by atoms with van der Waals surface area (Å²) in [6.07, 6.45) is 3.43. The SMILES string of the molecule is CCNC(Cc1ccc(C)c(C)c1)C1CCCCS1(=O)=O. The molecule has 2 rings (SSSR count). The average Bonchev–Trinajstić information content (AvgIpc) is 2.42. The van der Waals surface area contributed by atoms with E-state index >= 15 is 0 Å². The molecule has 1 aliphatic rings. The van der Waals surface area contributed by atoms with E-state index in [0.717, 1.165) is 32.2 Å². The first-order valence-corrected chi connectivity index (χ1v) is 9.66. The van der Waals surface area contributed by atoms with Crippen LogP contribution in [0.4, 0.5) is 0 Å². The molecule has 0 radical (unpaired) electrons. The molecule has 118 valence electrons. The van der Waals surface area contributed by atoms with E-state index in [0.29, 0.717) is 5.75 Å². The Kier molecular flexibility index (Phi) is 5.44. The van der Waals surface area contributed by atoms with E-state index in [-0.39, 0.29) is 11.3 Å². The topological polar surface area (TPSA) is 46.2 Å². The number of rotatable bonds is 5. The summed E-state index contributed by atoms with van der Waals surface area (Å²) in [5.41, 5.74) is 3.78. The monoisotopic (exact) mass is 309 g/mol. The van der Waals surface area contributed by atoms with Crippen LogP contribution in [0.2, 0.25) is 0 Å². The van der Waals surface area contributed by atoms with Gasteiger partial charge in [-0.3, -0.25) is 0 Å². The van der Waals surface area contributed by atoms with Gasteiger partial charge in [-0.15, -0.1) is 0 Å². The van der Waals surface area contributed by atoms with Crippen LogP contribution in [0.25, 0.3) is 0 Å². The zero-order valence-electron chi connectivity index (χ0n) is 13.4. The minimum atomic E-state index is -2.95. The molecule has 1 saturated heterocycles. The molecule has 1 aliphatic heterocycles. The van der Waals surface area contributed by atoms with Gasteiger partial charge in [0, 0.05) is 6.04 Å². The molecule has 1 N–H and O–H groups in total. The minimum Gasteiger partial charge on any atom is -0.313 e. The Hall–Kier alpha value is -0.870. The first kappa shape index (κ1) is 16.5. The molecule has 0 saturated carbocycles. The highest BCUT2D eigenvalue weighted by Gasteiger charge is 2.35. The van der Waals surface area contributed by atoms with Gasteiger partial charge in [-0.05, 0) is 56.3 Å². The van der Waals surface area contributed by atoms with Crippen LogP contribution in [0.5, 0.6) is 0 Å². The zero-order valence-corrected chi connectivity index (χ0v) is 14.2. The molecule has 1 aromatic rings. The molecule has 2 unspecified atom stereocenters. The smallest absolute Gasteiger partial charge is 0.154 e. The van der Waals surface area contributed by atoms with E-state index in [1.165, 1.54) is 16.7 Å². The van der Waals surface area contributed by atoms with Crippen molar-refractivity contribution in [2.75, 3.05) is 12.3 Å². The third-order valence-corrected chi connectivity index (χ3v) is 6.92. The summed E-state index contributed by atoms with van der Waals surface area (Å²) < 4.78 is 24.7. The molecule has 21 heavy (non-hydrogen) atoms. The number of likely N-dealkylation sites (N-methyl/N-ethyl adjacent to an activating group) is 1. The molecule has 1 fully saturated rings. The molecule has 4 heteroatoms. The molecule has 2 atom stereocenters. The van der Waals surface area contributed by atoms with Gasteiger partial charge in [0.1, 0.15) is 0 Å². The predicted octanol–water partition coefficient (Wildman–Crippen LogP) is 2.79. The molecule has 0 bridgehead atoms. The Morgan fingerprint density at radius 2 is 2.00 bits per heavy atom. The highest BCUT2D eigenvalue weighted by molar-refractivity contribution is 7.92. The van der Waals surface area contributed by atoms with Crippen LogP contribution >= 0.6 is 0 Å².